The maximum absolute atomic E-state index is 13.3. The zero-order valence-electron chi connectivity index (χ0n) is 19.4. The SMILES string of the molecule is CCOC(=O)c1ccc(N2C(=O)C(=O)/C(=C(\O)c3ccc(OC)c(Br)c3)C2c2ccc(O)cc2)cc1. The van der Waals surface area contributed by atoms with Crippen molar-refractivity contribution in [3.63, 3.8) is 0 Å². The third kappa shape index (κ3) is 4.57. The molecule has 0 aromatic heterocycles. The van der Waals surface area contributed by atoms with Crippen LogP contribution in [0.1, 0.15) is 34.5 Å². The van der Waals surface area contributed by atoms with Gasteiger partial charge in [0.1, 0.15) is 17.3 Å². The lowest BCUT2D eigenvalue weighted by atomic mass is 9.95. The minimum Gasteiger partial charge on any atom is -0.508 e. The van der Waals surface area contributed by atoms with Gasteiger partial charge in [-0.15, -0.1) is 0 Å². The van der Waals surface area contributed by atoms with E-state index in [-0.39, 0.29) is 23.7 Å². The smallest absolute Gasteiger partial charge is 0.338 e. The standard InChI is InChI=1S/C27H22BrNO7/c1-3-36-27(34)16-4-9-18(10-5-16)29-23(15-6-11-19(30)12-7-15)22(25(32)26(29)33)24(31)17-8-13-21(35-2)20(28)14-17/h4-14,23,30-31H,3H2,1-2H3/b24-22-. The molecule has 0 aliphatic carbocycles. The summed E-state index contributed by atoms with van der Waals surface area (Å²) in [4.78, 5) is 39.8. The number of rotatable bonds is 6. The number of benzene rings is 3. The van der Waals surface area contributed by atoms with E-state index in [9.17, 15) is 24.6 Å². The number of hydrogen-bond donors (Lipinski definition) is 2. The highest BCUT2D eigenvalue weighted by molar-refractivity contribution is 9.10. The number of aliphatic hydroxyl groups excluding tert-OH is 1. The summed E-state index contributed by atoms with van der Waals surface area (Å²) < 4.78 is 10.8. The number of hydrogen-bond acceptors (Lipinski definition) is 7. The molecule has 3 aromatic carbocycles. The molecule has 1 heterocycles. The van der Waals surface area contributed by atoms with E-state index in [1.54, 1.807) is 37.3 Å². The molecule has 1 amide bonds. The number of esters is 1. The topological polar surface area (TPSA) is 113 Å². The molecular weight excluding hydrogens is 530 g/mol. The summed E-state index contributed by atoms with van der Waals surface area (Å²) in [5.41, 5.74) is 1.33. The second-order valence-corrected chi connectivity index (χ2v) is 8.73. The maximum Gasteiger partial charge on any atom is 0.338 e. The Kier molecular flexibility index (Phi) is 7.12. The lowest BCUT2D eigenvalue weighted by Gasteiger charge is -2.25. The number of ether oxygens (including phenoxy) is 2. The van der Waals surface area contributed by atoms with Crippen LogP contribution in [-0.2, 0) is 14.3 Å². The van der Waals surface area contributed by atoms with Crippen molar-refractivity contribution in [2.45, 2.75) is 13.0 Å². The molecule has 184 valence electrons. The van der Waals surface area contributed by atoms with E-state index in [0.29, 0.717) is 32.6 Å². The molecule has 36 heavy (non-hydrogen) atoms. The summed E-state index contributed by atoms with van der Waals surface area (Å²) in [7, 11) is 1.50. The largest absolute Gasteiger partial charge is 0.508 e. The van der Waals surface area contributed by atoms with Crippen LogP contribution in [-0.4, -0.2) is 41.6 Å². The number of phenolic OH excluding ortho intramolecular Hbond substituents is 1. The lowest BCUT2D eigenvalue weighted by molar-refractivity contribution is -0.132. The van der Waals surface area contributed by atoms with Crippen LogP contribution in [0.3, 0.4) is 0 Å². The average Bonchev–Trinajstić information content (AvgIpc) is 3.14. The molecule has 1 atom stereocenters. The van der Waals surface area contributed by atoms with Gasteiger partial charge in [0.05, 0.1) is 35.4 Å². The Balaban J connectivity index is 1.86. The van der Waals surface area contributed by atoms with Crippen molar-refractivity contribution in [3.8, 4) is 11.5 Å². The predicted molar refractivity (Wildman–Crippen MR) is 136 cm³/mol. The number of nitrogens with zero attached hydrogens (tertiary/aromatic N) is 1. The van der Waals surface area contributed by atoms with Crippen LogP contribution < -0.4 is 9.64 Å². The number of phenols is 1. The van der Waals surface area contributed by atoms with Crippen LogP contribution in [0.5, 0.6) is 11.5 Å². The van der Waals surface area contributed by atoms with Gasteiger partial charge in [0.2, 0.25) is 0 Å². The molecule has 0 radical (unpaired) electrons. The van der Waals surface area contributed by atoms with Gasteiger partial charge in [-0.05, 0) is 83.0 Å². The summed E-state index contributed by atoms with van der Waals surface area (Å²) >= 11 is 3.37. The van der Waals surface area contributed by atoms with Gasteiger partial charge in [-0.1, -0.05) is 12.1 Å². The molecule has 2 N–H and O–H groups in total. The molecule has 1 unspecified atom stereocenters. The van der Waals surface area contributed by atoms with Crippen molar-refractivity contribution >= 4 is 45.0 Å². The molecule has 0 bridgehead atoms. The Morgan fingerprint density at radius 3 is 2.22 bits per heavy atom. The molecule has 0 spiro atoms. The van der Waals surface area contributed by atoms with Crippen molar-refractivity contribution in [3.05, 3.63) is 93.5 Å². The fourth-order valence-corrected chi connectivity index (χ4v) is 4.55. The number of halogens is 1. The second-order valence-electron chi connectivity index (χ2n) is 7.88. The number of aliphatic hydroxyl groups is 1. The monoisotopic (exact) mass is 551 g/mol. The summed E-state index contributed by atoms with van der Waals surface area (Å²) in [6, 6.07) is 15.9. The van der Waals surface area contributed by atoms with Crippen LogP contribution in [0.4, 0.5) is 5.69 Å². The average molecular weight is 552 g/mol. The zero-order chi connectivity index (χ0) is 26.0. The van der Waals surface area contributed by atoms with Crippen molar-refractivity contribution in [1.29, 1.82) is 0 Å². The number of ketones is 1. The molecule has 8 nitrogen and oxygen atoms in total. The Morgan fingerprint density at radius 1 is 1.00 bits per heavy atom. The Hall–Kier alpha value is -4.11. The maximum atomic E-state index is 13.3. The first-order valence-corrected chi connectivity index (χ1v) is 11.8. The summed E-state index contributed by atoms with van der Waals surface area (Å²) in [5, 5.41) is 21.0. The van der Waals surface area contributed by atoms with Crippen LogP contribution in [0, 0.1) is 0 Å². The van der Waals surface area contributed by atoms with E-state index in [0.717, 1.165) is 0 Å². The van der Waals surface area contributed by atoms with Gasteiger partial charge in [0.25, 0.3) is 11.7 Å². The third-order valence-corrected chi connectivity index (χ3v) is 6.35. The van der Waals surface area contributed by atoms with Crippen molar-refractivity contribution in [1.82, 2.24) is 0 Å². The van der Waals surface area contributed by atoms with E-state index in [1.165, 1.54) is 48.4 Å². The van der Waals surface area contributed by atoms with E-state index >= 15 is 0 Å². The number of carbonyl (C=O) groups excluding carboxylic acids is 3. The number of anilines is 1. The van der Waals surface area contributed by atoms with Crippen LogP contribution >= 0.6 is 15.9 Å². The van der Waals surface area contributed by atoms with E-state index in [2.05, 4.69) is 15.9 Å². The first-order valence-electron chi connectivity index (χ1n) is 11.0. The molecule has 1 saturated heterocycles. The number of aromatic hydroxyl groups is 1. The summed E-state index contributed by atoms with van der Waals surface area (Å²) in [6.45, 7) is 1.92. The molecule has 0 saturated carbocycles. The molecule has 1 aliphatic rings. The fraction of sp³-hybridized carbons (Fsp3) is 0.148. The summed E-state index contributed by atoms with van der Waals surface area (Å²) in [5.74, 6) is -2.04. The highest BCUT2D eigenvalue weighted by Gasteiger charge is 2.47. The van der Waals surface area contributed by atoms with Crippen molar-refractivity contribution in [2.75, 3.05) is 18.6 Å². The van der Waals surface area contributed by atoms with Gasteiger partial charge in [0.15, 0.2) is 0 Å². The molecule has 1 aliphatic heterocycles. The van der Waals surface area contributed by atoms with Gasteiger partial charge in [0, 0.05) is 11.3 Å². The normalized spacial score (nSPS) is 16.8. The van der Waals surface area contributed by atoms with Crippen molar-refractivity contribution in [2.24, 2.45) is 0 Å². The molecule has 4 rings (SSSR count). The zero-order valence-corrected chi connectivity index (χ0v) is 21.0. The summed E-state index contributed by atoms with van der Waals surface area (Å²) in [6.07, 6.45) is 0. The molecule has 9 heteroatoms. The lowest BCUT2D eigenvalue weighted by Crippen LogP contribution is -2.29. The number of methoxy groups -OCH3 is 1. The van der Waals surface area contributed by atoms with Gasteiger partial charge in [-0.2, -0.15) is 0 Å². The van der Waals surface area contributed by atoms with Gasteiger partial charge >= 0.3 is 5.97 Å². The van der Waals surface area contributed by atoms with E-state index < -0.39 is 23.7 Å². The minimum atomic E-state index is -0.986. The Morgan fingerprint density at radius 2 is 1.64 bits per heavy atom. The van der Waals surface area contributed by atoms with E-state index in [4.69, 9.17) is 9.47 Å². The van der Waals surface area contributed by atoms with Crippen LogP contribution in [0.15, 0.2) is 76.8 Å². The number of Topliss-reactive ketones (excluding diaryl/α,β-unsaturated/α-hetero) is 1. The fourth-order valence-electron chi connectivity index (χ4n) is 4.01. The first kappa shape index (κ1) is 25.0. The third-order valence-electron chi connectivity index (χ3n) is 5.74. The minimum absolute atomic E-state index is 0.00794. The molecule has 3 aromatic rings. The van der Waals surface area contributed by atoms with Gasteiger partial charge < -0.3 is 19.7 Å². The second kappa shape index (κ2) is 10.2. The Bertz CT molecular complexity index is 1360. The number of carbonyl (C=O) groups is 3. The highest BCUT2D eigenvalue weighted by atomic mass is 79.9. The Labute approximate surface area is 215 Å². The highest BCUT2D eigenvalue weighted by Crippen LogP contribution is 2.43. The quantitative estimate of drug-likeness (QED) is 0.192. The van der Waals surface area contributed by atoms with Crippen LogP contribution in [0.25, 0.3) is 5.76 Å². The first-order chi connectivity index (χ1) is 17.3. The number of amides is 1. The molecule has 1 fully saturated rings. The van der Waals surface area contributed by atoms with Gasteiger partial charge in [-0.3, -0.25) is 14.5 Å². The van der Waals surface area contributed by atoms with Crippen LogP contribution in [0.2, 0.25) is 0 Å². The van der Waals surface area contributed by atoms with E-state index in [1.807, 2.05) is 0 Å². The predicted octanol–water partition coefficient (Wildman–Crippen LogP) is 4.97. The molecular formula is C27H22BrNO7. The van der Waals surface area contributed by atoms with Crippen molar-refractivity contribution < 1.29 is 34.1 Å². The van der Waals surface area contributed by atoms with Gasteiger partial charge in [-0.25, -0.2) is 4.79 Å².